The molecule has 0 spiro atoms. The fourth-order valence-corrected chi connectivity index (χ4v) is 3.97. The maximum Gasteiger partial charge on any atom is 0.416 e. The van der Waals surface area contributed by atoms with Crippen LogP contribution in [0.1, 0.15) is 55.4 Å². The zero-order chi connectivity index (χ0) is 26.9. The standard InChI is InChI=1S/C25H26F7NO3/c1-23(2,3)36-22(34)33-9-8-20(16-4-6-19(26)7-5-16)21(13-33)35-14-15-10-17(24(27,28)29)12-18(11-15)25(30,31)32/h4-7,10-12,20-21H,8-9,13-14H2,1-3H3/t20-,21-/m0/s1. The smallest absolute Gasteiger partial charge is 0.416 e. The molecular formula is C25H26F7NO3. The molecule has 0 N–H and O–H groups in total. The number of hydrogen-bond donors (Lipinski definition) is 0. The van der Waals surface area contributed by atoms with Crippen molar-refractivity contribution in [3.8, 4) is 0 Å². The van der Waals surface area contributed by atoms with Crippen LogP contribution in [0.4, 0.5) is 35.5 Å². The Morgan fingerprint density at radius 3 is 2.00 bits per heavy atom. The average Bonchev–Trinajstić information content (AvgIpc) is 2.75. The predicted molar refractivity (Wildman–Crippen MR) is 117 cm³/mol. The van der Waals surface area contributed by atoms with Gasteiger partial charge in [0.15, 0.2) is 0 Å². The van der Waals surface area contributed by atoms with Gasteiger partial charge in [0.25, 0.3) is 0 Å². The fourth-order valence-electron chi connectivity index (χ4n) is 3.97. The molecule has 3 rings (SSSR count). The lowest BCUT2D eigenvalue weighted by Gasteiger charge is -2.39. The van der Waals surface area contributed by atoms with E-state index >= 15 is 0 Å². The van der Waals surface area contributed by atoms with Crippen molar-refractivity contribution in [2.75, 3.05) is 13.1 Å². The number of alkyl halides is 6. The largest absolute Gasteiger partial charge is 0.444 e. The van der Waals surface area contributed by atoms with Crippen LogP contribution in [0.15, 0.2) is 42.5 Å². The summed E-state index contributed by atoms with van der Waals surface area (Å²) in [7, 11) is 0. The summed E-state index contributed by atoms with van der Waals surface area (Å²) in [6.45, 7) is 4.78. The summed E-state index contributed by atoms with van der Waals surface area (Å²) in [5.74, 6) is -0.844. The first kappa shape index (κ1) is 27.8. The Hall–Kier alpha value is -2.82. The molecular weight excluding hydrogens is 495 g/mol. The number of rotatable bonds is 4. The van der Waals surface area contributed by atoms with Gasteiger partial charge in [-0.3, -0.25) is 0 Å². The fraction of sp³-hybridized carbons (Fsp3) is 0.480. The zero-order valence-corrected chi connectivity index (χ0v) is 19.8. The second-order valence-corrected chi connectivity index (χ2v) is 9.64. The lowest BCUT2D eigenvalue weighted by Crippen LogP contribution is -2.48. The van der Waals surface area contributed by atoms with Crippen LogP contribution in [-0.4, -0.2) is 35.8 Å². The summed E-state index contributed by atoms with van der Waals surface area (Å²) in [4.78, 5) is 14.0. The number of piperidine rings is 1. The highest BCUT2D eigenvalue weighted by molar-refractivity contribution is 5.68. The van der Waals surface area contributed by atoms with E-state index in [0.29, 0.717) is 24.1 Å². The van der Waals surface area contributed by atoms with Gasteiger partial charge in [0.1, 0.15) is 11.4 Å². The van der Waals surface area contributed by atoms with Gasteiger partial charge >= 0.3 is 18.4 Å². The molecule has 0 bridgehead atoms. The summed E-state index contributed by atoms with van der Waals surface area (Å²) in [5, 5.41) is 0. The van der Waals surface area contributed by atoms with Crippen LogP contribution in [0.3, 0.4) is 0 Å². The van der Waals surface area contributed by atoms with Crippen LogP contribution < -0.4 is 0 Å². The number of halogens is 7. The molecule has 0 aromatic heterocycles. The Balaban J connectivity index is 1.87. The van der Waals surface area contributed by atoms with E-state index in [-0.39, 0.29) is 30.6 Å². The normalized spacial score (nSPS) is 19.3. The third-order valence-electron chi connectivity index (χ3n) is 5.62. The van der Waals surface area contributed by atoms with Gasteiger partial charge in [-0.05, 0) is 68.7 Å². The minimum absolute atomic E-state index is 0.0119. The Kier molecular flexibility index (Phi) is 7.92. The second-order valence-electron chi connectivity index (χ2n) is 9.64. The van der Waals surface area contributed by atoms with Gasteiger partial charge in [-0.2, -0.15) is 26.3 Å². The Morgan fingerprint density at radius 1 is 0.944 bits per heavy atom. The molecule has 1 amide bonds. The summed E-state index contributed by atoms with van der Waals surface area (Å²) < 4.78 is 104. The molecule has 2 aromatic carbocycles. The minimum Gasteiger partial charge on any atom is -0.444 e. The highest BCUT2D eigenvalue weighted by Crippen LogP contribution is 2.37. The molecule has 0 unspecified atom stereocenters. The van der Waals surface area contributed by atoms with E-state index in [1.165, 1.54) is 29.2 Å². The van der Waals surface area contributed by atoms with Gasteiger partial charge < -0.3 is 14.4 Å². The third-order valence-corrected chi connectivity index (χ3v) is 5.62. The van der Waals surface area contributed by atoms with E-state index in [0.717, 1.165) is 0 Å². The molecule has 2 aromatic rings. The Morgan fingerprint density at radius 2 is 1.50 bits per heavy atom. The molecule has 11 heteroatoms. The van der Waals surface area contributed by atoms with Crippen LogP contribution in [-0.2, 0) is 28.4 Å². The van der Waals surface area contributed by atoms with Gasteiger partial charge in [0.2, 0.25) is 0 Å². The van der Waals surface area contributed by atoms with Crippen molar-refractivity contribution >= 4 is 6.09 Å². The lowest BCUT2D eigenvalue weighted by molar-refractivity contribution is -0.143. The third kappa shape index (κ3) is 7.35. The maximum atomic E-state index is 13.4. The van der Waals surface area contributed by atoms with Crippen molar-refractivity contribution < 1.29 is 45.0 Å². The monoisotopic (exact) mass is 521 g/mol. The molecule has 0 radical (unpaired) electrons. The number of hydrogen-bond acceptors (Lipinski definition) is 3. The van der Waals surface area contributed by atoms with Gasteiger partial charge in [-0.25, -0.2) is 9.18 Å². The van der Waals surface area contributed by atoms with Crippen molar-refractivity contribution in [3.05, 3.63) is 70.5 Å². The van der Waals surface area contributed by atoms with Gasteiger partial charge in [-0.1, -0.05) is 12.1 Å². The first-order chi connectivity index (χ1) is 16.5. The van der Waals surface area contributed by atoms with E-state index in [9.17, 15) is 35.5 Å². The van der Waals surface area contributed by atoms with Crippen LogP contribution in [0.25, 0.3) is 0 Å². The number of likely N-dealkylation sites (tertiary alicyclic amines) is 1. The molecule has 1 heterocycles. The summed E-state index contributed by atoms with van der Waals surface area (Å²) in [6.07, 6.45) is -11.0. The molecule has 0 aliphatic carbocycles. The molecule has 1 saturated heterocycles. The van der Waals surface area contributed by atoms with E-state index in [4.69, 9.17) is 9.47 Å². The number of amides is 1. The molecule has 1 aliphatic rings. The van der Waals surface area contributed by atoms with Gasteiger partial charge in [-0.15, -0.1) is 0 Å². The summed E-state index contributed by atoms with van der Waals surface area (Å²) in [5.41, 5.74) is -3.29. The zero-order valence-electron chi connectivity index (χ0n) is 19.8. The van der Waals surface area contributed by atoms with Crippen LogP contribution in [0.5, 0.6) is 0 Å². The van der Waals surface area contributed by atoms with E-state index in [1.807, 2.05) is 0 Å². The quantitative estimate of drug-likeness (QED) is 0.401. The van der Waals surface area contributed by atoms with Crippen LogP contribution >= 0.6 is 0 Å². The van der Waals surface area contributed by atoms with E-state index in [1.54, 1.807) is 20.8 Å². The van der Waals surface area contributed by atoms with Crippen molar-refractivity contribution in [2.24, 2.45) is 0 Å². The maximum absolute atomic E-state index is 13.4. The van der Waals surface area contributed by atoms with Crippen molar-refractivity contribution in [3.63, 3.8) is 0 Å². The number of benzene rings is 2. The second kappa shape index (κ2) is 10.3. The van der Waals surface area contributed by atoms with Crippen LogP contribution in [0, 0.1) is 5.82 Å². The molecule has 1 fully saturated rings. The Bertz CT molecular complexity index is 1030. The average molecular weight is 521 g/mol. The predicted octanol–water partition coefficient (Wildman–Crippen LogP) is 7.17. The number of carbonyl (C=O) groups is 1. The minimum atomic E-state index is -4.98. The number of ether oxygens (including phenoxy) is 2. The molecule has 4 nitrogen and oxygen atoms in total. The van der Waals surface area contributed by atoms with Crippen molar-refractivity contribution in [1.29, 1.82) is 0 Å². The topological polar surface area (TPSA) is 38.8 Å². The van der Waals surface area contributed by atoms with Crippen molar-refractivity contribution in [1.82, 2.24) is 4.90 Å². The highest BCUT2D eigenvalue weighted by Gasteiger charge is 2.38. The first-order valence-electron chi connectivity index (χ1n) is 11.2. The van der Waals surface area contributed by atoms with E-state index in [2.05, 4.69) is 0 Å². The summed E-state index contributed by atoms with van der Waals surface area (Å²) in [6, 6.07) is 6.82. The van der Waals surface area contributed by atoms with E-state index < -0.39 is 53.7 Å². The van der Waals surface area contributed by atoms with Gasteiger partial charge in [0.05, 0.1) is 30.4 Å². The first-order valence-corrected chi connectivity index (χ1v) is 11.2. The van der Waals surface area contributed by atoms with Gasteiger partial charge in [0, 0.05) is 12.5 Å². The molecule has 0 saturated carbocycles. The summed E-state index contributed by atoms with van der Waals surface area (Å²) >= 11 is 0. The molecule has 2 atom stereocenters. The SMILES string of the molecule is CC(C)(C)OC(=O)N1CC[C@@H](c2ccc(F)cc2)[C@@H](OCc2cc(C(F)(F)F)cc(C(F)(F)F)c2)C1. The highest BCUT2D eigenvalue weighted by atomic mass is 19.4. The Labute approximate surface area is 204 Å². The number of nitrogens with zero attached hydrogens (tertiary/aromatic N) is 1. The molecule has 198 valence electrons. The van der Waals surface area contributed by atoms with Crippen molar-refractivity contribution in [2.45, 2.75) is 63.8 Å². The molecule has 1 aliphatic heterocycles. The lowest BCUT2D eigenvalue weighted by atomic mass is 9.87. The van der Waals surface area contributed by atoms with Crippen LogP contribution in [0.2, 0.25) is 0 Å². The molecule has 36 heavy (non-hydrogen) atoms. The number of carbonyl (C=O) groups excluding carboxylic acids is 1.